The number of phenols is 2. The highest BCUT2D eigenvalue weighted by Crippen LogP contribution is 2.32. The number of rotatable bonds is 21. The first-order valence-corrected chi connectivity index (χ1v) is 14.3. The highest BCUT2D eigenvalue weighted by molar-refractivity contribution is 5.86. The molecule has 0 aliphatic rings. The lowest BCUT2D eigenvalue weighted by molar-refractivity contribution is -0.130. The monoisotopic (exact) mass is 488 g/mol. The minimum absolute atomic E-state index is 0.0360. The number of phenolic OH excluding ortho intramolecular Hbond substituents is 2. The van der Waals surface area contributed by atoms with Gasteiger partial charge >= 0.3 is 0 Å². The third-order valence-corrected chi connectivity index (χ3v) is 7.40. The van der Waals surface area contributed by atoms with Gasteiger partial charge in [0.15, 0.2) is 11.5 Å². The summed E-state index contributed by atoms with van der Waals surface area (Å²) in [5.41, 5.74) is 0.393. The second kappa shape index (κ2) is 17.6. The highest BCUT2D eigenvalue weighted by atomic mass is 16.3. The number of unbranched alkanes of at least 4 members (excludes halogenated alkanes) is 10. The van der Waals surface area contributed by atoms with Crippen molar-refractivity contribution in [2.45, 2.75) is 137 Å². The van der Waals surface area contributed by atoms with Crippen molar-refractivity contribution in [3.8, 4) is 11.5 Å². The minimum atomic E-state index is -0.509. The van der Waals surface area contributed by atoms with Crippen LogP contribution in [-0.4, -0.2) is 21.8 Å². The van der Waals surface area contributed by atoms with Crippen LogP contribution in [0.5, 0.6) is 11.5 Å². The molecule has 0 fully saturated rings. The summed E-state index contributed by atoms with van der Waals surface area (Å²) in [6, 6.07) is 4.79. The van der Waals surface area contributed by atoms with E-state index in [2.05, 4.69) is 13.8 Å². The number of ketones is 2. The van der Waals surface area contributed by atoms with Crippen molar-refractivity contribution in [1.29, 1.82) is 0 Å². The Hall–Kier alpha value is -1.84. The van der Waals surface area contributed by atoms with Crippen molar-refractivity contribution in [3.63, 3.8) is 0 Å². The van der Waals surface area contributed by atoms with Gasteiger partial charge in [-0.25, -0.2) is 0 Å². The van der Waals surface area contributed by atoms with E-state index in [0.29, 0.717) is 37.9 Å². The Morgan fingerprint density at radius 2 is 1.34 bits per heavy atom. The largest absolute Gasteiger partial charge is 0.504 e. The summed E-state index contributed by atoms with van der Waals surface area (Å²) in [4.78, 5) is 25.7. The smallest absolute Gasteiger partial charge is 0.157 e. The average molecular weight is 489 g/mol. The van der Waals surface area contributed by atoms with E-state index in [1.165, 1.54) is 63.9 Å². The number of hydrogen-bond acceptors (Lipinski definition) is 4. The van der Waals surface area contributed by atoms with E-state index >= 15 is 0 Å². The fourth-order valence-corrected chi connectivity index (χ4v) is 4.90. The van der Waals surface area contributed by atoms with Gasteiger partial charge in [0.2, 0.25) is 0 Å². The van der Waals surface area contributed by atoms with Crippen molar-refractivity contribution in [1.82, 2.24) is 0 Å². The molecule has 0 aromatic heterocycles. The van der Waals surface area contributed by atoms with Crippen molar-refractivity contribution in [3.05, 3.63) is 23.8 Å². The van der Waals surface area contributed by atoms with E-state index in [9.17, 15) is 19.8 Å². The standard InChI is InChI=1S/C31H52O4/c1-5-7-8-9-10-11-12-13-14-15-16-19-27(32)26(6-2)24-31(3,4)30(35)20-17-18-25-21-22-28(33)29(34)23-25/h21-23,26,33-34H,5-20,24H2,1-4H3. The Balaban J connectivity index is 2.27. The van der Waals surface area contributed by atoms with E-state index < -0.39 is 5.41 Å². The first-order valence-electron chi connectivity index (χ1n) is 14.3. The molecule has 200 valence electrons. The zero-order valence-corrected chi connectivity index (χ0v) is 23.0. The third kappa shape index (κ3) is 13.2. The highest BCUT2D eigenvalue weighted by Gasteiger charge is 2.32. The molecule has 0 spiro atoms. The Labute approximate surface area is 214 Å². The minimum Gasteiger partial charge on any atom is -0.504 e. The van der Waals surface area contributed by atoms with E-state index in [1.807, 2.05) is 13.8 Å². The van der Waals surface area contributed by atoms with E-state index in [0.717, 1.165) is 24.8 Å². The topological polar surface area (TPSA) is 74.6 Å². The number of hydrogen-bond donors (Lipinski definition) is 2. The maximum absolute atomic E-state index is 12.9. The number of carbonyl (C=O) groups excluding carboxylic acids is 2. The van der Waals surface area contributed by atoms with Crippen LogP contribution in [0.25, 0.3) is 0 Å². The summed E-state index contributed by atoms with van der Waals surface area (Å²) >= 11 is 0. The Morgan fingerprint density at radius 3 is 1.89 bits per heavy atom. The molecule has 1 unspecified atom stereocenters. The fourth-order valence-electron chi connectivity index (χ4n) is 4.90. The van der Waals surface area contributed by atoms with E-state index in [1.54, 1.807) is 12.1 Å². The van der Waals surface area contributed by atoms with Gasteiger partial charge in [-0.2, -0.15) is 0 Å². The van der Waals surface area contributed by atoms with Crippen LogP contribution >= 0.6 is 0 Å². The lowest BCUT2D eigenvalue weighted by Crippen LogP contribution is -2.30. The molecule has 0 saturated heterocycles. The van der Waals surface area contributed by atoms with E-state index in [4.69, 9.17) is 0 Å². The first kappa shape index (κ1) is 31.2. The normalized spacial score (nSPS) is 12.6. The Morgan fingerprint density at radius 1 is 0.771 bits per heavy atom. The molecular formula is C31H52O4. The van der Waals surface area contributed by atoms with Crippen LogP contribution in [0.3, 0.4) is 0 Å². The molecule has 1 atom stereocenters. The predicted octanol–water partition coefficient (Wildman–Crippen LogP) is 8.70. The van der Waals surface area contributed by atoms with Crippen LogP contribution in [0.2, 0.25) is 0 Å². The maximum Gasteiger partial charge on any atom is 0.157 e. The molecule has 0 heterocycles. The second-order valence-corrected chi connectivity index (χ2v) is 11.0. The van der Waals surface area contributed by atoms with Gasteiger partial charge in [0, 0.05) is 24.2 Å². The molecule has 0 aliphatic heterocycles. The molecule has 1 aromatic carbocycles. The van der Waals surface area contributed by atoms with Crippen molar-refractivity contribution in [2.75, 3.05) is 0 Å². The van der Waals surface area contributed by atoms with Crippen molar-refractivity contribution >= 4 is 11.6 Å². The van der Waals surface area contributed by atoms with Gasteiger partial charge in [-0.05, 0) is 49.8 Å². The van der Waals surface area contributed by atoms with Gasteiger partial charge in [-0.15, -0.1) is 0 Å². The maximum atomic E-state index is 12.9. The van der Waals surface area contributed by atoms with Gasteiger partial charge < -0.3 is 10.2 Å². The fraction of sp³-hybridized carbons (Fsp3) is 0.742. The number of benzene rings is 1. The van der Waals surface area contributed by atoms with Gasteiger partial charge in [0.05, 0.1) is 0 Å². The number of carbonyl (C=O) groups is 2. The second-order valence-electron chi connectivity index (χ2n) is 11.0. The molecule has 0 aliphatic carbocycles. The molecule has 1 rings (SSSR count). The van der Waals surface area contributed by atoms with Gasteiger partial charge in [-0.1, -0.05) is 98.0 Å². The summed E-state index contributed by atoms with van der Waals surface area (Å²) in [5.74, 6) is 0.224. The summed E-state index contributed by atoms with van der Waals surface area (Å²) in [6.07, 6.45) is 18.0. The molecule has 0 saturated carbocycles. The lowest BCUT2D eigenvalue weighted by Gasteiger charge is -2.27. The van der Waals surface area contributed by atoms with Crippen LogP contribution < -0.4 is 0 Å². The molecule has 0 bridgehead atoms. The van der Waals surface area contributed by atoms with Crippen molar-refractivity contribution < 1.29 is 19.8 Å². The van der Waals surface area contributed by atoms with Crippen LogP contribution in [0.4, 0.5) is 0 Å². The quantitative estimate of drug-likeness (QED) is 0.134. The Bertz CT molecular complexity index is 737. The number of aryl methyl sites for hydroxylation is 1. The Kier molecular flexibility index (Phi) is 15.7. The van der Waals surface area contributed by atoms with Gasteiger partial charge in [0.1, 0.15) is 11.6 Å². The van der Waals surface area contributed by atoms with Crippen LogP contribution in [0, 0.1) is 11.3 Å². The zero-order valence-electron chi connectivity index (χ0n) is 23.0. The summed E-state index contributed by atoms with van der Waals surface area (Å²) < 4.78 is 0. The lowest BCUT2D eigenvalue weighted by atomic mass is 9.75. The molecule has 0 radical (unpaired) electrons. The third-order valence-electron chi connectivity index (χ3n) is 7.40. The summed E-state index contributed by atoms with van der Waals surface area (Å²) in [5, 5.41) is 19.1. The number of Topliss-reactive ketones (excluding diaryl/α,β-unsaturated/α-hetero) is 2. The zero-order chi connectivity index (χ0) is 26.1. The van der Waals surface area contributed by atoms with Gasteiger partial charge in [-0.3, -0.25) is 9.59 Å². The molecule has 4 nitrogen and oxygen atoms in total. The van der Waals surface area contributed by atoms with Gasteiger partial charge in [0.25, 0.3) is 0 Å². The predicted molar refractivity (Wildman–Crippen MR) is 146 cm³/mol. The first-order chi connectivity index (χ1) is 16.7. The SMILES string of the molecule is CCCCCCCCCCCCCC(=O)C(CC)CC(C)(C)C(=O)CCCc1ccc(O)c(O)c1. The molecule has 35 heavy (non-hydrogen) atoms. The molecule has 1 aromatic rings. The average Bonchev–Trinajstić information content (AvgIpc) is 2.83. The molecule has 4 heteroatoms. The summed E-state index contributed by atoms with van der Waals surface area (Å²) in [6.45, 7) is 8.26. The summed E-state index contributed by atoms with van der Waals surface area (Å²) in [7, 11) is 0. The number of aromatic hydroxyl groups is 2. The van der Waals surface area contributed by atoms with Crippen LogP contribution in [0.15, 0.2) is 18.2 Å². The molecule has 2 N–H and O–H groups in total. The van der Waals surface area contributed by atoms with E-state index in [-0.39, 0.29) is 23.2 Å². The molecule has 0 amide bonds. The van der Waals surface area contributed by atoms with Crippen LogP contribution in [0.1, 0.15) is 136 Å². The van der Waals surface area contributed by atoms with Crippen molar-refractivity contribution in [2.24, 2.45) is 11.3 Å². The molecular weight excluding hydrogens is 436 g/mol. The van der Waals surface area contributed by atoms with Crippen LogP contribution in [-0.2, 0) is 16.0 Å².